The summed E-state index contributed by atoms with van der Waals surface area (Å²) in [5.74, 6) is 0.0340. The Hall–Kier alpha value is -0.320. The van der Waals surface area contributed by atoms with E-state index in [0.717, 1.165) is 3.57 Å². The van der Waals surface area contributed by atoms with Gasteiger partial charge in [0.25, 0.3) is 0 Å². The van der Waals surface area contributed by atoms with Crippen LogP contribution in [0.5, 0.6) is 5.75 Å². The monoisotopic (exact) mass is 266 g/mol. The highest BCUT2D eigenvalue weighted by Gasteiger charge is 2.01. The quantitative estimate of drug-likeness (QED) is 0.748. The van der Waals surface area contributed by atoms with Crippen LogP contribution in [0.4, 0.5) is 4.39 Å². The molecule has 0 bridgehead atoms. The Morgan fingerprint density at radius 2 is 2.27 bits per heavy atom. The van der Waals surface area contributed by atoms with Crippen LogP contribution >= 0.6 is 22.6 Å². The molecule has 1 nitrogen and oxygen atoms in total. The van der Waals surface area contributed by atoms with E-state index in [-0.39, 0.29) is 5.82 Å². The highest BCUT2D eigenvalue weighted by molar-refractivity contribution is 14.1. The fraction of sp³-hybridized carbons (Fsp3) is 0.250. The van der Waals surface area contributed by atoms with Gasteiger partial charge in [-0.05, 0) is 47.7 Å². The minimum absolute atomic E-state index is 0.293. The maximum atomic E-state index is 12.9. The second-order valence-corrected chi connectivity index (χ2v) is 3.25. The Balaban J connectivity index is 2.90. The normalized spacial score (nSPS) is 9.73. The summed E-state index contributed by atoms with van der Waals surface area (Å²) in [5.41, 5.74) is 0. The van der Waals surface area contributed by atoms with E-state index in [1.807, 2.05) is 13.0 Å². The molecular weight excluding hydrogens is 258 g/mol. The fourth-order valence-corrected chi connectivity index (χ4v) is 1.20. The van der Waals surface area contributed by atoms with Gasteiger partial charge in [0.1, 0.15) is 0 Å². The number of ether oxygens (including phenoxy) is 1. The van der Waals surface area contributed by atoms with Gasteiger partial charge >= 0.3 is 0 Å². The van der Waals surface area contributed by atoms with Gasteiger partial charge in [-0.25, -0.2) is 4.39 Å². The average Bonchev–Trinajstić information content (AvgIpc) is 1.95. The van der Waals surface area contributed by atoms with Gasteiger partial charge in [-0.1, -0.05) is 0 Å². The molecule has 0 aliphatic rings. The van der Waals surface area contributed by atoms with Crippen molar-refractivity contribution in [3.8, 4) is 5.75 Å². The predicted molar refractivity (Wildman–Crippen MR) is 50.3 cm³/mol. The van der Waals surface area contributed by atoms with Crippen molar-refractivity contribution in [1.29, 1.82) is 0 Å². The summed E-state index contributed by atoms with van der Waals surface area (Å²) in [4.78, 5) is 0. The van der Waals surface area contributed by atoms with E-state index in [9.17, 15) is 4.39 Å². The predicted octanol–water partition coefficient (Wildman–Crippen LogP) is 2.83. The van der Waals surface area contributed by atoms with Crippen LogP contribution in [0.1, 0.15) is 6.92 Å². The summed E-state index contributed by atoms with van der Waals surface area (Å²) < 4.78 is 18.8. The highest BCUT2D eigenvalue weighted by Crippen LogP contribution is 2.18. The molecule has 0 radical (unpaired) electrons. The lowest BCUT2D eigenvalue weighted by Gasteiger charge is -2.03. The second-order valence-electron chi connectivity index (χ2n) is 2.01. The molecule has 0 heterocycles. The van der Waals surface area contributed by atoms with Crippen LogP contribution in [0.25, 0.3) is 0 Å². The molecule has 0 spiro atoms. The minimum Gasteiger partial charge on any atom is -0.491 e. The van der Waals surface area contributed by atoms with Gasteiger partial charge in [-0.15, -0.1) is 0 Å². The van der Waals surface area contributed by atoms with E-state index < -0.39 is 0 Å². The molecule has 1 rings (SSSR count). The van der Waals surface area contributed by atoms with Crippen molar-refractivity contribution in [2.45, 2.75) is 6.92 Å². The van der Waals surface area contributed by atoms with E-state index in [1.54, 1.807) is 6.07 Å². The van der Waals surface area contributed by atoms with Crippen LogP contribution in [0.15, 0.2) is 18.2 Å². The molecule has 0 unspecified atom stereocenters. The SMILES string of the molecule is CCOc1ccc(I)cc1F. The summed E-state index contributed by atoms with van der Waals surface area (Å²) in [6, 6.07) is 4.90. The van der Waals surface area contributed by atoms with Crippen molar-refractivity contribution in [2.75, 3.05) is 6.61 Å². The molecule has 0 atom stereocenters. The lowest BCUT2D eigenvalue weighted by molar-refractivity contribution is 0.321. The Kier molecular flexibility index (Phi) is 3.11. The molecule has 11 heavy (non-hydrogen) atoms. The van der Waals surface area contributed by atoms with Gasteiger partial charge in [0.15, 0.2) is 11.6 Å². The zero-order valence-corrected chi connectivity index (χ0v) is 8.26. The summed E-state index contributed by atoms with van der Waals surface area (Å²) in [6.07, 6.45) is 0. The van der Waals surface area contributed by atoms with Gasteiger partial charge in [0, 0.05) is 3.57 Å². The third kappa shape index (κ3) is 2.32. The molecular formula is C8H8FIO. The summed E-state index contributed by atoms with van der Waals surface area (Å²) in [5, 5.41) is 0. The first-order valence-electron chi connectivity index (χ1n) is 3.32. The molecule has 0 amide bonds. The minimum atomic E-state index is -0.293. The van der Waals surface area contributed by atoms with E-state index in [1.165, 1.54) is 6.07 Å². The molecule has 0 saturated heterocycles. The van der Waals surface area contributed by atoms with Crippen LogP contribution in [0, 0.1) is 9.39 Å². The first kappa shape index (κ1) is 8.77. The van der Waals surface area contributed by atoms with E-state index >= 15 is 0 Å². The number of hydrogen-bond donors (Lipinski definition) is 0. The van der Waals surface area contributed by atoms with Crippen molar-refractivity contribution >= 4 is 22.6 Å². The third-order valence-corrected chi connectivity index (χ3v) is 1.86. The standard InChI is InChI=1S/C8H8FIO/c1-2-11-8-4-3-6(10)5-7(8)9/h3-5H,2H2,1H3. The molecule has 0 aliphatic carbocycles. The number of rotatable bonds is 2. The van der Waals surface area contributed by atoms with Crippen LogP contribution in [-0.4, -0.2) is 6.61 Å². The number of benzene rings is 1. The van der Waals surface area contributed by atoms with E-state index in [4.69, 9.17) is 4.74 Å². The van der Waals surface area contributed by atoms with Gasteiger partial charge in [-0.3, -0.25) is 0 Å². The zero-order chi connectivity index (χ0) is 8.27. The summed E-state index contributed by atoms with van der Waals surface area (Å²) >= 11 is 2.05. The molecule has 0 saturated carbocycles. The maximum absolute atomic E-state index is 12.9. The molecule has 1 aromatic rings. The molecule has 1 aromatic carbocycles. The summed E-state index contributed by atoms with van der Waals surface area (Å²) in [7, 11) is 0. The third-order valence-electron chi connectivity index (χ3n) is 1.19. The molecule has 0 aliphatic heterocycles. The topological polar surface area (TPSA) is 9.23 Å². The highest BCUT2D eigenvalue weighted by atomic mass is 127. The van der Waals surface area contributed by atoms with Crippen molar-refractivity contribution in [3.05, 3.63) is 27.6 Å². The largest absolute Gasteiger partial charge is 0.491 e. The molecule has 0 N–H and O–H groups in total. The number of hydrogen-bond acceptors (Lipinski definition) is 1. The van der Waals surface area contributed by atoms with Gasteiger partial charge in [-0.2, -0.15) is 0 Å². The smallest absolute Gasteiger partial charge is 0.166 e. The van der Waals surface area contributed by atoms with Crippen LogP contribution in [0.3, 0.4) is 0 Å². The molecule has 3 heteroatoms. The fourth-order valence-electron chi connectivity index (χ4n) is 0.748. The Morgan fingerprint density at radius 1 is 1.55 bits per heavy atom. The van der Waals surface area contributed by atoms with Crippen LogP contribution < -0.4 is 4.74 Å². The van der Waals surface area contributed by atoms with Crippen molar-refractivity contribution < 1.29 is 9.13 Å². The zero-order valence-electron chi connectivity index (χ0n) is 6.10. The van der Waals surface area contributed by atoms with Crippen molar-refractivity contribution in [2.24, 2.45) is 0 Å². The second kappa shape index (κ2) is 3.90. The van der Waals surface area contributed by atoms with Crippen LogP contribution in [0.2, 0.25) is 0 Å². The van der Waals surface area contributed by atoms with Gasteiger partial charge in [0.2, 0.25) is 0 Å². The molecule has 0 aromatic heterocycles. The van der Waals surface area contributed by atoms with Crippen molar-refractivity contribution in [1.82, 2.24) is 0 Å². The van der Waals surface area contributed by atoms with E-state index in [2.05, 4.69) is 22.6 Å². The summed E-state index contributed by atoms with van der Waals surface area (Å²) in [6.45, 7) is 2.33. The van der Waals surface area contributed by atoms with Crippen molar-refractivity contribution in [3.63, 3.8) is 0 Å². The van der Waals surface area contributed by atoms with Gasteiger partial charge in [0.05, 0.1) is 6.61 Å². The molecule has 60 valence electrons. The van der Waals surface area contributed by atoms with Crippen LogP contribution in [-0.2, 0) is 0 Å². The van der Waals surface area contributed by atoms with E-state index in [0.29, 0.717) is 12.4 Å². The first-order chi connectivity index (χ1) is 5.24. The Bertz CT molecular complexity index is 250. The first-order valence-corrected chi connectivity index (χ1v) is 4.39. The lowest BCUT2D eigenvalue weighted by atomic mass is 10.3. The molecule has 0 fully saturated rings. The lowest BCUT2D eigenvalue weighted by Crippen LogP contribution is -1.94. The maximum Gasteiger partial charge on any atom is 0.166 e. The van der Waals surface area contributed by atoms with Gasteiger partial charge < -0.3 is 4.74 Å². The number of halogens is 2. The average molecular weight is 266 g/mol. The Labute approximate surface area is 78.7 Å². The Morgan fingerprint density at radius 3 is 2.82 bits per heavy atom.